The Balaban J connectivity index is 1.71. The monoisotopic (exact) mass is 328 g/mol. The van der Waals surface area contributed by atoms with Crippen LogP contribution in [0.1, 0.15) is 43.7 Å². The molecule has 0 unspecified atom stereocenters. The average molecular weight is 328 g/mol. The van der Waals surface area contributed by atoms with Crippen molar-refractivity contribution in [1.82, 2.24) is 9.47 Å². The average Bonchev–Trinajstić information content (AvgIpc) is 3.00. The molecule has 0 aliphatic carbocycles. The molecule has 3 heterocycles. The Kier molecular flexibility index (Phi) is 4.88. The molecule has 5 nitrogen and oxygen atoms in total. The van der Waals surface area contributed by atoms with Crippen LogP contribution in [0.25, 0.3) is 0 Å². The van der Waals surface area contributed by atoms with E-state index in [1.165, 1.54) is 6.07 Å². The molecular formula is C19H24N2O3. The number of likely N-dealkylation sites (tertiary alicyclic amines) is 1. The normalized spacial score (nSPS) is 21.0. The van der Waals surface area contributed by atoms with E-state index in [0.29, 0.717) is 18.9 Å². The lowest BCUT2D eigenvalue weighted by molar-refractivity contribution is -0.136. The number of furan rings is 1. The maximum absolute atomic E-state index is 12.7. The van der Waals surface area contributed by atoms with Crippen LogP contribution in [0.4, 0.5) is 0 Å². The van der Waals surface area contributed by atoms with Gasteiger partial charge in [0.05, 0.1) is 6.04 Å². The van der Waals surface area contributed by atoms with Gasteiger partial charge in [-0.1, -0.05) is 13.0 Å². The summed E-state index contributed by atoms with van der Waals surface area (Å²) in [6, 6.07) is 8.95. The maximum Gasteiger partial charge on any atom is 0.250 e. The summed E-state index contributed by atoms with van der Waals surface area (Å²) in [6.07, 6.45) is 3.98. The number of nitrogens with zero attached hydrogens (tertiary/aromatic N) is 2. The van der Waals surface area contributed by atoms with Crippen molar-refractivity contribution in [1.29, 1.82) is 0 Å². The highest BCUT2D eigenvalue weighted by Crippen LogP contribution is 2.35. The topological polar surface area (TPSA) is 55.5 Å². The fraction of sp³-hybridized carbons (Fsp3) is 0.474. The standard InChI is InChI=1S/C19H24N2O3/c1-14-8-12-21(16(13-14)17-7-6-15(2)24-17)19(23)9-11-20-10-4-3-5-18(20)22/h3-7,10,14,16H,8-9,11-13H2,1-2H3/t14-,16-/m1/s1. The molecule has 24 heavy (non-hydrogen) atoms. The van der Waals surface area contributed by atoms with Crippen LogP contribution in [0, 0.1) is 12.8 Å². The Labute approximate surface area is 141 Å². The van der Waals surface area contributed by atoms with Crippen LogP contribution in [-0.2, 0) is 11.3 Å². The van der Waals surface area contributed by atoms with E-state index >= 15 is 0 Å². The molecule has 5 heteroatoms. The van der Waals surface area contributed by atoms with Gasteiger partial charge in [-0.25, -0.2) is 0 Å². The van der Waals surface area contributed by atoms with Crippen LogP contribution in [0.5, 0.6) is 0 Å². The van der Waals surface area contributed by atoms with E-state index in [1.54, 1.807) is 16.8 Å². The molecule has 1 fully saturated rings. The molecule has 3 rings (SSSR count). The van der Waals surface area contributed by atoms with Gasteiger partial charge in [-0.3, -0.25) is 9.59 Å². The van der Waals surface area contributed by atoms with E-state index in [1.807, 2.05) is 30.0 Å². The summed E-state index contributed by atoms with van der Waals surface area (Å²) in [5, 5.41) is 0. The summed E-state index contributed by atoms with van der Waals surface area (Å²) in [7, 11) is 0. The third kappa shape index (κ3) is 3.61. The third-order valence-electron chi connectivity index (χ3n) is 4.74. The second-order valence-corrected chi connectivity index (χ2v) is 6.66. The zero-order valence-electron chi connectivity index (χ0n) is 14.3. The minimum absolute atomic E-state index is 0.00226. The van der Waals surface area contributed by atoms with Crippen LogP contribution in [0.15, 0.2) is 45.7 Å². The zero-order chi connectivity index (χ0) is 17.1. The SMILES string of the molecule is Cc1ccc([C@H]2C[C@H](C)CCN2C(=O)CCn2ccccc2=O)o1. The van der Waals surface area contributed by atoms with Gasteiger partial charge in [0.1, 0.15) is 11.5 Å². The van der Waals surface area contributed by atoms with Gasteiger partial charge in [0.15, 0.2) is 0 Å². The van der Waals surface area contributed by atoms with Crippen molar-refractivity contribution in [3.8, 4) is 0 Å². The van der Waals surface area contributed by atoms with E-state index in [9.17, 15) is 9.59 Å². The van der Waals surface area contributed by atoms with Gasteiger partial charge in [0.25, 0.3) is 5.56 Å². The van der Waals surface area contributed by atoms with Crippen molar-refractivity contribution in [2.24, 2.45) is 5.92 Å². The minimum atomic E-state index is -0.0734. The van der Waals surface area contributed by atoms with E-state index in [0.717, 1.165) is 30.9 Å². The van der Waals surface area contributed by atoms with Gasteiger partial charge in [-0.05, 0) is 43.9 Å². The zero-order valence-corrected chi connectivity index (χ0v) is 14.3. The fourth-order valence-electron chi connectivity index (χ4n) is 3.35. The number of amides is 1. The number of aromatic nitrogens is 1. The third-order valence-corrected chi connectivity index (χ3v) is 4.74. The van der Waals surface area contributed by atoms with Crippen molar-refractivity contribution in [2.45, 2.75) is 45.7 Å². The largest absolute Gasteiger partial charge is 0.464 e. The quantitative estimate of drug-likeness (QED) is 0.866. The predicted molar refractivity (Wildman–Crippen MR) is 91.6 cm³/mol. The lowest BCUT2D eigenvalue weighted by Gasteiger charge is -2.37. The van der Waals surface area contributed by atoms with Crippen LogP contribution >= 0.6 is 0 Å². The molecule has 2 atom stereocenters. The highest BCUT2D eigenvalue weighted by atomic mass is 16.3. The lowest BCUT2D eigenvalue weighted by atomic mass is 9.91. The van der Waals surface area contributed by atoms with Crippen molar-refractivity contribution in [3.05, 3.63) is 58.4 Å². The van der Waals surface area contributed by atoms with Crippen LogP contribution < -0.4 is 5.56 Å². The second-order valence-electron chi connectivity index (χ2n) is 6.66. The number of hydrogen-bond donors (Lipinski definition) is 0. The highest BCUT2D eigenvalue weighted by Gasteiger charge is 2.32. The number of carbonyl (C=O) groups is 1. The molecule has 0 aromatic carbocycles. The Morgan fingerprint density at radius 3 is 2.83 bits per heavy atom. The van der Waals surface area contributed by atoms with Crippen molar-refractivity contribution >= 4 is 5.91 Å². The van der Waals surface area contributed by atoms with Gasteiger partial charge in [0, 0.05) is 31.8 Å². The molecule has 0 N–H and O–H groups in total. The Hall–Kier alpha value is -2.30. The van der Waals surface area contributed by atoms with E-state index < -0.39 is 0 Å². The summed E-state index contributed by atoms with van der Waals surface area (Å²) in [5.41, 5.74) is -0.0734. The Morgan fingerprint density at radius 2 is 2.12 bits per heavy atom. The summed E-state index contributed by atoms with van der Waals surface area (Å²) < 4.78 is 7.36. The first-order valence-electron chi connectivity index (χ1n) is 8.56. The van der Waals surface area contributed by atoms with Gasteiger partial charge < -0.3 is 13.9 Å². The smallest absolute Gasteiger partial charge is 0.250 e. The molecule has 0 spiro atoms. The number of rotatable bonds is 4. The fourth-order valence-corrected chi connectivity index (χ4v) is 3.35. The first-order chi connectivity index (χ1) is 11.5. The molecule has 1 saturated heterocycles. The van der Waals surface area contributed by atoms with Crippen LogP contribution in [-0.4, -0.2) is 21.9 Å². The first-order valence-corrected chi connectivity index (χ1v) is 8.56. The van der Waals surface area contributed by atoms with Gasteiger partial charge >= 0.3 is 0 Å². The van der Waals surface area contributed by atoms with Crippen LogP contribution in [0.2, 0.25) is 0 Å². The molecule has 128 valence electrons. The minimum Gasteiger partial charge on any atom is -0.464 e. The Bertz CT molecular complexity index is 762. The molecular weight excluding hydrogens is 304 g/mol. The highest BCUT2D eigenvalue weighted by molar-refractivity contribution is 5.76. The van der Waals surface area contributed by atoms with Crippen molar-refractivity contribution in [2.75, 3.05) is 6.54 Å². The van der Waals surface area contributed by atoms with Crippen molar-refractivity contribution < 1.29 is 9.21 Å². The maximum atomic E-state index is 12.7. The first kappa shape index (κ1) is 16.6. The molecule has 1 aliphatic heterocycles. The van der Waals surface area contributed by atoms with Gasteiger partial charge in [-0.15, -0.1) is 0 Å². The molecule has 0 saturated carbocycles. The summed E-state index contributed by atoms with van der Waals surface area (Å²) in [5.74, 6) is 2.38. The van der Waals surface area contributed by atoms with E-state index in [2.05, 4.69) is 6.92 Å². The number of piperidine rings is 1. The van der Waals surface area contributed by atoms with E-state index in [-0.39, 0.29) is 17.5 Å². The predicted octanol–water partition coefficient (Wildman–Crippen LogP) is 3.14. The number of carbonyl (C=O) groups excluding carboxylic acids is 1. The molecule has 0 radical (unpaired) electrons. The molecule has 2 aromatic rings. The van der Waals surface area contributed by atoms with Gasteiger partial charge in [-0.2, -0.15) is 0 Å². The van der Waals surface area contributed by atoms with Crippen LogP contribution in [0.3, 0.4) is 0 Å². The lowest BCUT2D eigenvalue weighted by Crippen LogP contribution is -2.41. The van der Waals surface area contributed by atoms with E-state index in [4.69, 9.17) is 4.42 Å². The second kappa shape index (κ2) is 7.07. The summed E-state index contributed by atoms with van der Waals surface area (Å²) in [6.45, 7) is 5.29. The summed E-state index contributed by atoms with van der Waals surface area (Å²) in [4.78, 5) is 26.4. The Morgan fingerprint density at radius 1 is 1.29 bits per heavy atom. The number of aryl methyl sites for hydroxylation is 2. The molecule has 1 aliphatic rings. The number of pyridine rings is 1. The molecule has 1 amide bonds. The number of hydrogen-bond acceptors (Lipinski definition) is 3. The van der Waals surface area contributed by atoms with Gasteiger partial charge in [0.2, 0.25) is 5.91 Å². The molecule has 2 aromatic heterocycles. The van der Waals surface area contributed by atoms with Crippen molar-refractivity contribution in [3.63, 3.8) is 0 Å². The summed E-state index contributed by atoms with van der Waals surface area (Å²) >= 11 is 0. The molecule has 0 bridgehead atoms.